The van der Waals surface area contributed by atoms with Gasteiger partial charge in [0, 0.05) is 13.1 Å². The van der Waals surface area contributed by atoms with Crippen LogP contribution in [0.2, 0.25) is 0 Å². The van der Waals surface area contributed by atoms with Crippen molar-refractivity contribution >= 4 is 10.0 Å². The number of hydrogen-bond donors (Lipinski definition) is 2. The zero-order valence-corrected chi connectivity index (χ0v) is 13.2. The Morgan fingerprint density at radius 2 is 1.86 bits per heavy atom. The molecule has 1 aliphatic heterocycles. The van der Waals surface area contributed by atoms with Gasteiger partial charge in [0.05, 0.1) is 11.6 Å². The number of nitrogens with one attached hydrogen (secondary N) is 2. The summed E-state index contributed by atoms with van der Waals surface area (Å²) >= 11 is 0. The van der Waals surface area contributed by atoms with Gasteiger partial charge in [-0.15, -0.1) is 0 Å². The quantitative estimate of drug-likeness (QED) is 0.809. The van der Waals surface area contributed by atoms with Crippen molar-refractivity contribution < 1.29 is 8.42 Å². The Balaban J connectivity index is 1.52. The van der Waals surface area contributed by atoms with Crippen molar-refractivity contribution in [1.29, 1.82) is 0 Å². The third-order valence-corrected chi connectivity index (χ3v) is 6.24. The first-order chi connectivity index (χ1) is 10.1. The molecule has 116 valence electrons. The summed E-state index contributed by atoms with van der Waals surface area (Å²) in [6.07, 6.45) is 3.98. The largest absolute Gasteiger partial charge is 0.243 e. The Morgan fingerprint density at radius 1 is 1.19 bits per heavy atom. The minimum Gasteiger partial charge on any atom is -0.243 e. The zero-order valence-electron chi connectivity index (χ0n) is 12.4. The topological polar surface area (TPSA) is 61.4 Å². The van der Waals surface area contributed by atoms with E-state index in [0.717, 1.165) is 30.5 Å². The molecular weight excluding hydrogens is 286 g/mol. The number of aryl methyl sites for hydroxylation is 1. The lowest BCUT2D eigenvalue weighted by atomic mass is 10.0. The first-order valence-corrected chi connectivity index (χ1v) is 9.08. The smallest absolute Gasteiger partial charge is 0.241 e. The summed E-state index contributed by atoms with van der Waals surface area (Å²) in [6, 6.07) is 7.04. The molecule has 2 N–H and O–H groups in total. The maximum absolute atomic E-state index is 12.3. The molecule has 5 nitrogen and oxygen atoms in total. The van der Waals surface area contributed by atoms with Crippen LogP contribution < -0.4 is 10.1 Å². The number of rotatable bonds is 5. The van der Waals surface area contributed by atoms with E-state index in [-0.39, 0.29) is 6.67 Å². The van der Waals surface area contributed by atoms with Crippen LogP contribution in [0.1, 0.15) is 24.8 Å². The molecule has 0 spiro atoms. The summed E-state index contributed by atoms with van der Waals surface area (Å²) in [5.41, 5.74) is 3.96. The van der Waals surface area contributed by atoms with E-state index < -0.39 is 10.0 Å². The molecule has 2 fully saturated rings. The molecule has 1 saturated heterocycles. The molecule has 0 bridgehead atoms. The fourth-order valence-electron chi connectivity index (χ4n) is 3.54. The number of hydrazine groups is 1. The molecule has 6 heteroatoms. The fraction of sp³-hybridized carbons (Fsp3) is 0.600. The van der Waals surface area contributed by atoms with Crippen LogP contribution in [0, 0.1) is 18.8 Å². The van der Waals surface area contributed by atoms with Crippen molar-refractivity contribution in [2.75, 3.05) is 19.8 Å². The Hall–Kier alpha value is -0.950. The van der Waals surface area contributed by atoms with Crippen LogP contribution in [0.25, 0.3) is 0 Å². The highest BCUT2D eigenvalue weighted by atomic mass is 32.2. The van der Waals surface area contributed by atoms with Crippen LogP contribution in [-0.2, 0) is 10.0 Å². The van der Waals surface area contributed by atoms with E-state index in [1.165, 1.54) is 19.3 Å². The number of nitrogens with zero attached hydrogens (tertiary/aromatic N) is 1. The maximum Gasteiger partial charge on any atom is 0.241 e. The minimum absolute atomic E-state index is 0.246. The lowest BCUT2D eigenvalue weighted by Crippen LogP contribution is -2.44. The van der Waals surface area contributed by atoms with Crippen LogP contribution in [-0.4, -0.2) is 33.2 Å². The molecule has 2 unspecified atom stereocenters. The molecule has 1 aliphatic carbocycles. The number of sulfonamides is 1. The Labute approximate surface area is 126 Å². The average Bonchev–Trinajstić information content (AvgIpc) is 2.99. The van der Waals surface area contributed by atoms with Gasteiger partial charge in [0.25, 0.3) is 0 Å². The highest BCUT2D eigenvalue weighted by molar-refractivity contribution is 7.89. The van der Waals surface area contributed by atoms with Crippen molar-refractivity contribution in [3.05, 3.63) is 29.8 Å². The molecule has 3 rings (SSSR count). The van der Waals surface area contributed by atoms with Crippen LogP contribution in [0.15, 0.2) is 29.2 Å². The van der Waals surface area contributed by atoms with Gasteiger partial charge >= 0.3 is 0 Å². The van der Waals surface area contributed by atoms with Gasteiger partial charge in [0.15, 0.2) is 0 Å². The Bertz CT molecular complexity index is 591. The summed E-state index contributed by atoms with van der Waals surface area (Å²) in [4.78, 5) is 0.352. The van der Waals surface area contributed by atoms with Crippen LogP contribution >= 0.6 is 0 Å². The lowest BCUT2D eigenvalue weighted by Gasteiger charge is -2.19. The van der Waals surface area contributed by atoms with E-state index in [1.54, 1.807) is 12.1 Å². The first kappa shape index (κ1) is 15.0. The first-order valence-electron chi connectivity index (χ1n) is 7.60. The molecule has 1 aromatic rings. The highest BCUT2D eigenvalue weighted by Crippen LogP contribution is 2.36. The van der Waals surface area contributed by atoms with Crippen molar-refractivity contribution in [1.82, 2.24) is 15.2 Å². The van der Waals surface area contributed by atoms with Crippen molar-refractivity contribution in [3.8, 4) is 0 Å². The molecule has 0 radical (unpaired) electrons. The van der Waals surface area contributed by atoms with E-state index >= 15 is 0 Å². The van der Waals surface area contributed by atoms with Crippen molar-refractivity contribution in [3.63, 3.8) is 0 Å². The predicted octanol–water partition coefficient (Wildman–Crippen LogP) is 1.47. The summed E-state index contributed by atoms with van der Waals surface area (Å²) in [5.74, 6) is 1.59. The van der Waals surface area contributed by atoms with E-state index in [1.807, 2.05) is 19.1 Å². The number of benzene rings is 1. The number of hydrogen-bond acceptors (Lipinski definition) is 4. The average molecular weight is 309 g/mol. The minimum atomic E-state index is -3.44. The molecule has 2 atom stereocenters. The standard InChI is InChI=1S/C15H23N3O2S/c1-12-5-2-3-8-15(12)21(19,20)17-11-16-18-9-13-6-4-7-14(13)10-18/h2-3,5,8,13-14,16-17H,4,6-7,9-11H2,1H3. The SMILES string of the molecule is Cc1ccccc1S(=O)(=O)NCNN1CC2CCCC2C1. The molecule has 2 aliphatic rings. The number of fused-ring (bicyclic) bond motifs is 1. The third kappa shape index (κ3) is 3.29. The van der Waals surface area contributed by atoms with E-state index in [9.17, 15) is 8.42 Å². The maximum atomic E-state index is 12.3. The molecule has 0 amide bonds. The monoisotopic (exact) mass is 309 g/mol. The highest BCUT2D eigenvalue weighted by Gasteiger charge is 2.35. The zero-order chi connectivity index (χ0) is 14.9. The Kier molecular flexibility index (Phi) is 4.31. The molecular formula is C15H23N3O2S. The van der Waals surface area contributed by atoms with Crippen LogP contribution in [0.3, 0.4) is 0 Å². The van der Waals surface area contributed by atoms with Crippen molar-refractivity contribution in [2.45, 2.75) is 31.1 Å². The van der Waals surface area contributed by atoms with Crippen molar-refractivity contribution in [2.24, 2.45) is 11.8 Å². The summed E-state index contributed by atoms with van der Waals surface area (Å²) in [5, 5.41) is 2.16. The van der Waals surface area contributed by atoms with Gasteiger partial charge in [0.2, 0.25) is 10.0 Å². The molecule has 1 heterocycles. The van der Waals surface area contributed by atoms with Gasteiger partial charge in [-0.3, -0.25) is 0 Å². The lowest BCUT2D eigenvalue weighted by molar-refractivity contribution is 0.216. The van der Waals surface area contributed by atoms with Gasteiger partial charge in [-0.2, -0.15) is 4.72 Å². The van der Waals surface area contributed by atoms with E-state index in [0.29, 0.717) is 4.90 Å². The van der Waals surface area contributed by atoms with Crippen LogP contribution in [0.4, 0.5) is 0 Å². The van der Waals surface area contributed by atoms with Gasteiger partial charge in [-0.05, 0) is 43.2 Å². The summed E-state index contributed by atoms with van der Waals surface area (Å²) < 4.78 is 27.1. The second-order valence-electron chi connectivity index (χ2n) is 6.10. The molecule has 0 aromatic heterocycles. The van der Waals surface area contributed by atoms with Crippen LogP contribution in [0.5, 0.6) is 0 Å². The second-order valence-corrected chi connectivity index (χ2v) is 7.84. The molecule has 1 saturated carbocycles. The third-order valence-electron chi connectivity index (χ3n) is 4.67. The van der Waals surface area contributed by atoms with E-state index in [2.05, 4.69) is 15.2 Å². The normalized spacial score (nSPS) is 26.1. The second kappa shape index (κ2) is 6.04. The van der Waals surface area contributed by atoms with Gasteiger partial charge < -0.3 is 0 Å². The summed E-state index contributed by atoms with van der Waals surface area (Å²) in [7, 11) is -3.44. The van der Waals surface area contributed by atoms with Gasteiger partial charge in [-0.1, -0.05) is 24.6 Å². The predicted molar refractivity (Wildman–Crippen MR) is 81.9 cm³/mol. The fourth-order valence-corrected chi connectivity index (χ4v) is 4.70. The van der Waals surface area contributed by atoms with Gasteiger partial charge in [0.1, 0.15) is 0 Å². The molecule has 21 heavy (non-hydrogen) atoms. The Morgan fingerprint density at radius 3 is 2.52 bits per heavy atom. The van der Waals surface area contributed by atoms with Gasteiger partial charge in [-0.25, -0.2) is 18.9 Å². The summed E-state index contributed by atoms with van der Waals surface area (Å²) in [6.45, 7) is 4.13. The van der Waals surface area contributed by atoms with E-state index in [4.69, 9.17) is 0 Å². The molecule has 1 aromatic carbocycles.